The summed E-state index contributed by atoms with van der Waals surface area (Å²) in [6, 6.07) is 3.33. The van der Waals surface area contributed by atoms with Crippen molar-refractivity contribution in [3.05, 3.63) is 29.6 Å². The van der Waals surface area contributed by atoms with Gasteiger partial charge in [0.2, 0.25) is 0 Å². The first-order valence-corrected chi connectivity index (χ1v) is 7.09. The molecule has 0 N–H and O–H groups in total. The molecule has 116 valence electrons. The van der Waals surface area contributed by atoms with E-state index in [0.29, 0.717) is 24.1 Å². The van der Waals surface area contributed by atoms with Gasteiger partial charge in [-0.2, -0.15) is 5.26 Å². The molecule has 2 fully saturated rings. The van der Waals surface area contributed by atoms with E-state index < -0.39 is 17.2 Å². The Balaban J connectivity index is 1.95. The van der Waals surface area contributed by atoms with Gasteiger partial charge in [0.15, 0.2) is 0 Å². The lowest BCUT2D eigenvalue weighted by Gasteiger charge is -2.29. The Morgan fingerprint density at radius 1 is 1.50 bits per heavy atom. The van der Waals surface area contributed by atoms with E-state index in [1.807, 2.05) is 6.07 Å². The fourth-order valence-electron chi connectivity index (χ4n) is 3.14. The number of hydrogen-bond donors (Lipinski definition) is 0. The Bertz CT molecular complexity index is 666. The molecule has 2 atom stereocenters. The van der Waals surface area contributed by atoms with Gasteiger partial charge < -0.3 is 0 Å². The van der Waals surface area contributed by atoms with Gasteiger partial charge in [0, 0.05) is 32.4 Å². The number of nitriles is 1. The normalized spacial score (nSPS) is 28.8. The van der Waals surface area contributed by atoms with E-state index in [1.54, 1.807) is 17.3 Å². The van der Waals surface area contributed by atoms with Gasteiger partial charge in [0.05, 0.1) is 11.6 Å². The van der Waals surface area contributed by atoms with Crippen LogP contribution in [0.2, 0.25) is 0 Å². The number of hydrogen-bond acceptors (Lipinski definition) is 4. The van der Waals surface area contributed by atoms with Gasteiger partial charge in [-0.3, -0.25) is 14.8 Å². The molecule has 22 heavy (non-hydrogen) atoms. The molecular weight excluding hydrogens is 290 g/mol. The number of halogens is 2. The Hall–Kier alpha value is -2.07. The zero-order valence-electron chi connectivity index (χ0n) is 12.4. The van der Waals surface area contributed by atoms with Gasteiger partial charge in [-0.25, -0.2) is 13.8 Å². The molecule has 7 heteroatoms. The minimum atomic E-state index is -3.09. The molecule has 2 aliphatic heterocycles. The summed E-state index contributed by atoms with van der Waals surface area (Å²) in [5.74, 6) is -3.66. The molecule has 0 unspecified atom stereocenters. The van der Waals surface area contributed by atoms with E-state index in [9.17, 15) is 13.6 Å². The van der Waals surface area contributed by atoms with Crippen molar-refractivity contribution in [1.82, 2.24) is 15.0 Å². The van der Waals surface area contributed by atoms with Crippen molar-refractivity contribution in [2.45, 2.75) is 32.2 Å². The van der Waals surface area contributed by atoms with Crippen molar-refractivity contribution in [1.29, 1.82) is 5.26 Å². The average Bonchev–Trinajstić information content (AvgIpc) is 2.98. The molecule has 3 heterocycles. The molecule has 2 saturated heterocycles. The molecule has 1 aromatic heterocycles. The fraction of sp³-hybridized carbons (Fsp3) is 0.533. The molecule has 0 radical (unpaired) electrons. The SMILES string of the molecule is CC(F)(F)[C@@]1(C)CN2CC[C@H](c3cncc(C#N)c3)N2C1=O. The summed E-state index contributed by atoms with van der Waals surface area (Å²) in [5, 5.41) is 12.1. The maximum atomic E-state index is 13.9. The number of fused-ring (bicyclic) bond motifs is 1. The van der Waals surface area contributed by atoms with Crippen LogP contribution in [0.3, 0.4) is 0 Å². The number of alkyl halides is 2. The molecule has 0 aliphatic carbocycles. The summed E-state index contributed by atoms with van der Waals surface area (Å²) < 4.78 is 27.8. The predicted molar refractivity (Wildman–Crippen MR) is 73.5 cm³/mol. The van der Waals surface area contributed by atoms with Crippen LogP contribution < -0.4 is 0 Å². The monoisotopic (exact) mass is 306 g/mol. The Morgan fingerprint density at radius 3 is 2.86 bits per heavy atom. The zero-order valence-corrected chi connectivity index (χ0v) is 12.4. The predicted octanol–water partition coefficient (Wildman–Crippen LogP) is 2.12. The van der Waals surface area contributed by atoms with Crippen LogP contribution in [0, 0.1) is 16.7 Å². The summed E-state index contributed by atoms with van der Waals surface area (Å²) in [5.41, 5.74) is -0.615. The van der Waals surface area contributed by atoms with Crippen LogP contribution >= 0.6 is 0 Å². The third-order valence-electron chi connectivity index (χ3n) is 4.68. The van der Waals surface area contributed by atoms with Crippen molar-refractivity contribution >= 4 is 5.91 Å². The molecule has 2 aliphatic rings. The zero-order chi connectivity index (χ0) is 16.1. The number of rotatable bonds is 2. The highest BCUT2D eigenvalue weighted by Gasteiger charge is 2.62. The average molecular weight is 306 g/mol. The lowest BCUT2D eigenvalue weighted by molar-refractivity contribution is -0.156. The van der Waals surface area contributed by atoms with Crippen molar-refractivity contribution in [2.24, 2.45) is 5.41 Å². The topological polar surface area (TPSA) is 60.2 Å². The number of carbonyl (C=O) groups excluding carboxylic acids is 1. The van der Waals surface area contributed by atoms with E-state index in [2.05, 4.69) is 4.98 Å². The Labute approximate surface area is 127 Å². The van der Waals surface area contributed by atoms with Crippen LogP contribution in [-0.4, -0.2) is 39.9 Å². The van der Waals surface area contributed by atoms with Gasteiger partial charge in [-0.15, -0.1) is 0 Å². The fourth-order valence-corrected chi connectivity index (χ4v) is 3.14. The number of aromatic nitrogens is 1. The largest absolute Gasteiger partial charge is 0.272 e. The van der Waals surface area contributed by atoms with Crippen LogP contribution in [0.25, 0.3) is 0 Å². The van der Waals surface area contributed by atoms with E-state index in [4.69, 9.17) is 5.26 Å². The highest BCUT2D eigenvalue weighted by molar-refractivity contribution is 5.86. The molecular formula is C15H16F2N4O. The highest BCUT2D eigenvalue weighted by atomic mass is 19.3. The first-order chi connectivity index (χ1) is 10.3. The van der Waals surface area contributed by atoms with Gasteiger partial charge in [-0.1, -0.05) is 0 Å². The summed E-state index contributed by atoms with van der Waals surface area (Å²) >= 11 is 0. The van der Waals surface area contributed by atoms with Gasteiger partial charge >= 0.3 is 0 Å². The lowest BCUT2D eigenvalue weighted by Crippen LogP contribution is -2.45. The highest BCUT2D eigenvalue weighted by Crippen LogP contribution is 2.48. The standard InChI is InChI=1S/C15H16F2N4O/c1-14(15(2,16)17)9-20-4-3-12(21(20)13(14)22)11-5-10(6-18)7-19-8-11/h5,7-8,12H,3-4,9H2,1-2H3/t12-,14+/m1/s1. The van der Waals surface area contributed by atoms with Crippen molar-refractivity contribution < 1.29 is 13.6 Å². The molecule has 0 saturated carbocycles. The molecule has 3 rings (SSSR count). The smallest absolute Gasteiger partial charge is 0.260 e. The van der Waals surface area contributed by atoms with E-state index in [1.165, 1.54) is 18.1 Å². The van der Waals surface area contributed by atoms with Crippen LogP contribution in [0.1, 0.15) is 37.4 Å². The number of amides is 1. The molecule has 1 aromatic rings. The third-order valence-corrected chi connectivity index (χ3v) is 4.68. The van der Waals surface area contributed by atoms with Gasteiger partial charge in [-0.05, 0) is 25.0 Å². The van der Waals surface area contributed by atoms with Crippen LogP contribution in [0.4, 0.5) is 8.78 Å². The first-order valence-electron chi connectivity index (χ1n) is 7.09. The Kier molecular flexibility index (Phi) is 3.18. The van der Waals surface area contributed by atoms with Gasteiger partial charge in [0.1, 0.15) is 11.5 Å². The number of pyridine rings is 1. The Morgan fingerprint density at radius 2 is 2.23 bits per heavy atom. The van der Waals surface area contributed by atoms with E-state index in [-0.39, 0.29) is 12.6 Å². The van der Waals surface area contributed by atoms with Crippen LogP contribution in [0.15, 0.2) is 18.5 Å². The van der Waals surface area contributed by atoms with E-state index in [0.717, 1.165) is 6.92 Å². The second-order valence-corrected chi connectivity index (χ2v) is 6.18. The van der Waals surface area contributed by atoms with Crippen molar-refractivity contribution in [3.8, 4) is 6.07 Å². The number of carbonyl (C=O) groups is 1. The quantitative estimate of drug-likeness (QED) is 0.839. The molecule has 1 amide bonds. The number of nitrogens with zero attached hydrogens (tertiary/aromatic N) is 4. The molecule has 0 aromatic carbocycles. The summed E-state index contributed by atoms with van der Waals surface area (Å²) in [7, 11) is 0. The second kappa shape index (κ2) is 4.71. The molecule has 0 spiro atoms. The second-order valence-electron chi connectivity index (χ2n) is 6.18. The minimum Gasteiger partial charge on any atom is -0.272 e. The lowest BCUT2D eigenvalue weighted by atomic mass is 9.83. The molecule has 0 bridgehead atoms. The maximum Gasteiger partial charge on any atom is 0.260 e. The maximum absolute atomic E-state index is 13.9. The third kappa shape index (κ3) is 1.98. The number of hydrazine groups is 1. The first kappa shape index (κ1) is 14.9. The minimum absolute atomic E-state index is 0.0111. The summed E-state index contributed by atoms with van der Waals surface area (Å²) in [6.07, 6.45) is 3.67. The van der Waals surface area contributed by atoms with Crippen LogP contribution in [0.5, 0.6) is 0 Å². The van der Waals surface area contributed by atoms with Gasteiger partial charge in [0.25, 0.3) is 11.8 Å². The molecule has 5 nitrogen and oxygen atoms in total. The summed E-state index contributed by atoms with van der Waals surface area (Å²) in [4.78, 5) is 16.6. The van der Waals surface area contributed by atoms with Crippen molar-refractivity contribution in [3.63, 3.8) is 0 Å². The van der Waals surface area contributed by atoms with Crippen molar-refractivity contribution in [2.75, 3.05) is 13.1 Å². The van der Waals surface area contributed by atoms with E-state index >= 15 is 0 Å². The summed E-state index contributed by atoms with van der Waals surface area (Å²) in [6.45, 7) is 2.66. The van der Waals surface area contributed by atoms with Crippen LogP contribution in [-0.2, 0) is 4.79 Å².